The fourth-order valence-corrected chi connectivity index (χ4v) is 10.2. The molecule has 2 aromatic rings. The summed E-state index contributed by atoms with van der Waals surface area (Å²) in [6.07, 6.45) is 6.68. The van der Waals surface area contributed by atoms with Crippen LogP contribution in [0.25, 0.3) is 12.2 Å². The number of nitrogens with zero attached hydrogens (tertiary/aromatic N) is 2. The lowest BCUT2D eigenvalue weighted by molar-refractivity contribution is -0.166. The topological polar surface area (TPSA) is 263 Å². The number of cyclic esters (lactones) is 2. The number of carbonyl (C=O) groups is 8. The van der Waals surface area contributed by atoms with Crippen molar-refractivity contribution in [2.45, 2.75) is 181 Å². The van der Waals surface area contributed by atoms with Gasteiger partial charge in [0.15, 0.2) is 12.2 Å². The van der Waals surface area contributed by atoms with Gasteiger partial charge in [-0.3, -0.25) is 48.4 Å². The van der Waals surface area contributed by atoms with Gasteiger partial charge in [0.05, 0.1) is 36.1 Å². The van der Waals surface area contributed by atoms with E-state index >= 15 is 4.79 Å². The fraction of sp³-hybridized carbons (Fsp3) is 0.593. The Morgan fingerprint density at radius 1 is 0.595 bits per heavy atom. The van der Waals surface area contributed by atoms with Crippen LogP contribution in [0.2, 0.25) is 0 Å². The SMILES string of the molecule is COC1CCC=Cc2cccc(c2)C(C)NC(=O)C2CCCN(N2)C(=O)C(Cc2cc3cc(c2)C(C)NC(=O)C2CCCN(N2)C(=O)C(C)NC(=O)C(C(C)C)OC(=O)C(C)C(O)CCC=C3)NC(=O)C(C(C)C)OC(=O)C1C. The zero-order chi connectivity index (χ0) is 57.7. The summed E-state index contributed by atoms with van der Waals surface area (Å²) in [5, 5.41) is 25.7. The summed E-state index contributed by atoms with van der Waals surface area (Å²) in [5.41, 5.74) is 9.88. The molecule has 2 fully saturated rings. The standard InChI is InChI=1S/C59H84N8O12/c1-33(2)50-54(71)62-39(9)56(73)66-26-16-22-45(64-66)53(70)61-38(8)44-30-41(19-11-13-24-48(68)35(5)58(75)78-50)28-42(31-44)32-47-57(74)67-27-17-23-46(65-67)52(69)60-37(7)43-21-15-20-40(29-43)18-12-14-25-49(77-10)36(6)59(76)79-51(34(3)4)55(72)63-47/h11-12,15,18-21,28-31,33-39,45-51,64-65,68H,13-14,16-17,22-27,32H2,1-10H3,(H,60,69)(H,61,70)(H,62,71)(H,63,72). The Morgan fingerprint density at radius 3 is 1.71 bits per heavy atom. The molecule has 0 aromatic heterocycles. The molecule has 0 radical (unpaired) electrons. The normalized spacial score (nSPS) is 30.1. The van der Waals surface area contributed by atoms with Gasteiger partial charge in [0.25, 0.3) is 23.6 Å². The molecule has 0 spiro atoms. The number of allylic oxidation sites excluding steroid dienone is 2. The van der Waals surface area contributed by atoms with Crippen molar-refractivity contribution < 1.29 is 57.7 Å². The molecule has 79 heavy (non-hydrogen) atoms. The van der Waals surface area contributed by atoms with Crippen molar-refractivity contribution in [1.82, 2.24) is 42.1 Å². The average Bonchev–Trinajstić information content (AvgIpc) is 3.45. The summed E-state index contributed by atoms with van der Waals surface area (Å²) in [6, 6.07) is 8.46. The molecule has 2 saturated heterocycles. The van der Waals surface area contributed by atoms with Crippen LogP contribution in [0.1, 0.15) is 154 Å². The molecule has 4 heterocycles. The van der Waals surface area contributed by atoms with Crippen molar-refractivity contribution in [2.75, 3.05) is 20.2 Å². The van der Waals surface area contributed by atoms with E-state index in [1.165, 1.54) is 31.0 Å². The lowest BCUT2D eigenvalue weighted by Crippen LogP contribution is -2.62. The first kappa shape index (κ1) is 61.7. The number of rotatable bonds is 5. The first-order valence-corrected chi connectivity index (χ1v) is 28.1. The van der Waals surface area contributed by atoms with Crippen LogP contribution in [-0.4, -0.2) is 131 Å². The molecular formula is C59H84N8O12. The largest absolute Gasteiger partial charge is 0.452 e. The van der Waals surface area contributed by atoms with Gasteiger partial charge >= 0.3 is 11.9 Å². The number of carbonyl (C=O) groups excluding carboxylic acids is 8. The molecule has 12 atom stereocenters. The summed E-state index contributed by atoms with van der Waals surface area (Å²) in [5.74, 6) is -7.21. The Balaban J connectivity index is 1.35. The number of benzene rings is 2. The number of amides is 6. The summed E-state index contributed by atoms with van der Waals surface area (Å²) >= 11 is 0. The maximum absolute atomic E-state index is 15.1. The van der Waals surface area contributed by atoms with Gasteiger partial charge in [0.2, 0.25) is 11.8 Å². The molecule has 6 amide bonds. The molecule has 20 nitrogen and oxygen atoms in total. The molecule has 4 aliphatic heterocycles. The Morgan fingerprint density at radius 2 is 1.11 bits per heavy atom. The van der Waals surface area contributed by atoms with Crippen LogP contribution in [0, 0.1) is 23.7 Å². The maximum atomic E-state index is 15.1. The van der Waals surface area contributed by atoms with E-state index in [9.17, 15) is 38.7 Å². The smallest absolute Gasteiger partial charge is 0.312 e. The number of fused-ring (bicyclic) bond motifs is 8. The van der Waals surface area contributed by atoms with Gasteiger partial charge < -0.3 is 40.6 Å². The van der Waals surface area contributed by atoms with Crippen molar-refractivity contribution in [3.05, 3.63) is 82.4 Å². The van der Waals surface area contributed by atoms with Crippen molar-refractivity contribution in [3.8, 4) is 0 Å². The third kappa shape index (κ3) is 16.8. The van der Waals surface area contributed by atoms with Crippen molar-refractivity contribution in [2.24, 2.45) is 23.7 Å². The highest BCUT2D eigenvalue weighted by atomic mass is 16.6. The average molecular weight is 1100 g/mol. The first-order chi connectivity index (χ1) is 37.5. The first-order valence-electron chi connectivity index (χ1n) is 28.1. The van der Waals surface area contributed by atoms with E-state index < -0.39 is 114 Å². The molecule has 7 N–H and O–H groups in total. The lowest BCUT2D eigenvalue weighted by Gasteiger charge is -2.36. The summed E-state index contributed by atoms with van der Waals surface area (Å²) in [4.78, 5) is 112. The van der Waals surface area contributed by atoms with E-state index in [1.54, 1.807) is 41.5 Å². The molecule has 4 aliphatic rings. The lowest BCUT2D eigenvalue weighted by atomic mass is 9.95. The molecule has 2 aromatic carbocycles. The summed E-state index contributed by atoms with van der Waals surface area (Å²) in [7, 11) is 1.53. The minimum atomic E-state index is -1.30. The second-order valence-electron chi connectivity index (χ2n) is 22.3. The zero-order valence-electron chi connectivity index (χ0n) is 47.5. The minimum Gasteiger partial charge on any atom is -0.452 e. The van der Waals surface area contributed by atoms with E-state index in [2.05, 4.69) is 32.1 Å². The third-order valence-corrected chi connectivity index (χ3v) is 15.2. The molecule has 20 heteroatoms. The number of hydrogen-bond acceptors (Lipinski definition) is 14. The quantitative estimate of drug-likeness (QED) is 0.201. The Labute approximate surface area is 464 Å². The van der Waals surface area contributed by atoms with Gasteiger partial charge in [-0.15, -0.1) is 0 Å². The van der Waals surface area contributed by atoms with Crippen LogP contribution in [0.15, 0.2) is 54.6 Å². The van der Waals surface area contributed by atoms with Crippen LogP contribution in [0.3, 0.4) is 0 Å². The van der Waals surface area contributed by atoms with Crippen LogP contribution in [-0.2, 0) is 59.0 Å². The number of ether oxygens (including phenoxy) is 3. The van der Waals surface area contributed by atoms with Gasteiger partial charge in [-0.2, -0.15) is 0 Å². The predicted octanol–water partition coefficient (Wildman–Crippen LogP) is 4.66. The van der Waals surface area contributed by atoms with Crippen molar-refractivity contribution >= 4 is 59.5 Å². The second-order valence-corrected chi connectivity index (χ2v) is 22.3. The number of hydrogen-bond donors (Lipinski definition) is 7. The zero-order valence-corrected chi connectivity index (χ0v) is 47.5. The van der Waals surface area contributed by atoms with Gasteiger partial charge in [0, 0.05) is 26.6 Å². The fourth-order valence-electron chi connectivity index (χ4n) is 10.2. The number of aliphatic hydroxyl groups is 1. The highest BCUT2D eigenvalue weighted by molar-refractivity contribution is 5.92. The van der Waals surface area contributed by atoms with Gasteiger partial charge in [-0.05, 0) is 138 Å². The molecule has 12 unspecified atom stereocenters. The number of nitrogens with one attached hydrogen (secondary N) is 6. The van der Waals surface area contributed by atoms with Crippen LogP contribution < -0.4 is 32.1 Å². The Bertz CT molecular complexity index is 2570. The highest BCUT2D eigenvalue weighted by Gasteiger charge is 2.39. The van der Waals surface area contributed by atoms with Crippen LogP contribution >= 0.6 is 0 Å². The second kappa shape index (κ2) is 28.6. The van der Waals surface area contributed by atoms with Crippen LogP contribution in [0.5, 0.6) is 0 Å². The molecule has 0 aliphatic carbocycles. The van der Waals surface area contributed by atoms with Crippen molar-refractivity contribution in [3.63, 3.8) is 0 Å². The monoisotopic (exact) mass is 1100 g/mol. The number of methoxy groups -OCH3 is 1. The number of aliphatic hydroxyl groups excluding tert-OH is 1. The predicted molar refractivity (Wildman–Crippen MR) is 296 cm³/mol. The van der Waals surface area contributed by atoms with E-state index in [-0.39, 0.29) is 43.8 Å². The van der Waals surface area contributed by atoms with E-state index in [0.29, 0.717) is 61.6 Å². The van der Waals surface area contributed by atoms with Gasteiger partial charge in [0.1, 0.15) is 24.2 Å². The van der Waals surface area contributed by atoms with Gasteiger partial charge in [-0.25, -0.2) is 10.9 Å². The summed E-state index contributed by atoms with van der Waals surface area (Å²) < 4.78 is 17.4. The number of hydrazine groups is 2. The molecule has 0 saturated carbocycles. The molecule has 8 bridgehead atoms. The number of esters is 2. The van der Waals surface area contributed by atoms with E-state index in [0.717, 1.165) is 11.1 Å². The maximum Gasteiger partial charge on any atom is 0.312 e. The Hall–Kier alpha value is -6.48. The van der Waals surface area contributed by atoms with E-state index in [4.69, 9.17) is 14.2 Å². The highest BCUT2D eigenvalue weighted by Crippen LogP contribution is 2.25. The Kier molecular flexibility index (Phi) is 22.3. The molecule has 6 rings (SSSR count). The summed E-state index contributed by atoms with van der Waals surface area (Å²) in [6.45, 7) is 15.8. The van der Waals surface area contributed by atoms with Gasteiger partial charge in [-0.1, -0.05) is 82.3 Å². The molecule has 432 valence electrons. The van der Waals surface area contributed by atoms with Crippen LogP contribution in [0.4, 0.5) is 0 Å². The molecular weight excluding hydrogens is 1010 g/mol. The third-order valence-electron chi connectivity index (χ3n) is 15.2. The van der Waals surface area contributed by atoms with E-state index in [1.807, 2.05) is 73.7 Å². The van der Waals surface area contributed by atoms with Crippen molar-refractivity contribution in [1.29, 1.82) is 0 Å². The minimum absolute atomic E-state index is 0.0809.